The first-order valence-electron chi connectivity index (χ1n) is 17.4. The maximum atomic E-state index is 14.4. The van der Waals surface area contributed by atoms with Crippen LogP contribution in [-0.2, 0) is 23.3 Å². The summed E-state index contributed by atoms with van der Waals surface area (Å²) in [7, 11) is 0. The SMILES string of the molecule is O=C(c1nc2ccccc2n1Cc1ccc(F)cc1)C1CCN(CCC2(c3ccc4c(c3)OCO4)CCN(Cc3ccc(Cl)cc3Cl)C2=O)CC1. The molecule has 3 aliphatic heterocycles. The largest absolute Gasteiger partial charge is 0.454 e. The Morgan fingerprint density at radius 1 is 0.902 bits per heavy atom. The van der Waals surface area contributed by atoms with Crippen molar-refractivity contribution in [3.05, 3.63) is 123 Å². The topological polar surface area (TPSA) is 76.9 Å². The molecule has 3 aliphatic rings. The van der Waals surface area contributed by atoms with E-state index in [0.717, 1.165) is 40.8 Å². The lowest BCUT2D eigenvalue weighted by Crippen LogP contribution is -2.43. The average Bonchev–Trinajstić information content (AvgIpc) is 3.85. The van der Waals surface area contributed by atoms with Crippen LogP contribution in [0, 0.1) is 11.7 Å². The molecule has 0 bridgehead atoms. The van der Waals surface area contributed by atoms with Crippen molar-refractivity contribution in [2.24, 2.45) is 5.92 Å². The molecule has 1 unspecified atom stereocenters. The lowest BCUT2D eigenvalue weighted by molar-refractivity contribution is -0.133. The van der Waals surface area contributed by atoms with Crippen LogP contribution in [0.25, 0.3) is 11.0 Å². The van der Waals surface area contributed by atoms with Crippen molar-refractivity contribution in [1.29, 1.82) is 0 Å². The molecule has 2 saturated heterocycles. The average molecular weight is 728 g/mol. The number of imidazole rings is 1. The van der Waals surface area contributed by atoms with Crippen LogP contribution in [0.15, 0.2) is 84.9 Å². The molecule has 8 rings (SSSR count). The molecule has 0 radical (unpaired) electrons. The number of amides is 1. The minimum atomic E-state index is -0.738. The molecule has 0 N–H and O–H groups in total. The van der Waals surface area contributed by atoms with E-state index in [0.29, 0.717) is 79.2 Å². The van der Waals surface area contributed by atoms with Crippen LogP contribution in [0.3, 0.4) is 0 Å². The summed E-state index contributed by atoms with van der Waals surface area (Å²) in [5.41, 5.74) is 3.59. The Morgan fingerprint density at radius 2 is 1.69 bits per heavy atom. The zero-order valence-corrected chi connectivity index (χ0v) is 29.5. The highest BCUT2D eigenvalue weighted by molar-refractivity contribution is 6.35. The number of fused-ring (bicyclic) bond motifs is 2. The van der Waals surface area contributed by atoms with Crippen molar-refractivity contribution in [1.82, 2.24) is 19.4 Å². The number of aromatic nitrogens is 2. The molecule has 1 amide bonds. The standard InChI is InChI=1S/C40H37Cl2FN4O4/c41-30-9-7-28(32(42)22-30)24-46-20-16-40(39(46)49,29-8-12-35-36(21-29)51-25-50-35)15-19-45-17-13-27(14-18-45)37(48)38-44-33-3-1-2-4-34(33)47(38)23-26-5-10-31(43)11-6-26/h1-12,21-22,27H,13-20,23-25H2. The van der Waals surface area contributed by atoms with Crippen LogP contribution in [0.4, 0.5) is 4.39 Å². The number of halogens is 3. The quantitative estimate of drug-likeness (QED) is 0.136. The number of para-hydroxylation sites is 2. The Hall–Kier alpha value is -4.44. The third-order valence-corrected chi connectivity index (χ3v) is 11.3. The van der Waals surface area contributed by atoms with Gasteiger partial charge in [0.25, 0.3) is 0 Å². The normalized spacial score (nSPS) is 19.4. The first kappa shape index (κ1) is 33.7. The Morgan fingerprint density at radius 3 is 2.49 bits per heavy atom. The fourth-order valence-corrected chi connectivity index (χ4v) is 8.30. The molecule has 0 aliphatic carbocycles. The Kier molecular flexibility index (Phi) is 9.21. The summed E-state index contributed by atoms with van der Waals surface area (Å²) >= 11 is 12.7. The molecule has 4 aromatic carbocycles. The third-order valence-electron chi connectivity index (χ3n) is 10.7. The lowest BCUT2D eigenvalue weighted by atomic mass is 9.75. The lowest BCUT2D eigenvalue weighted by Gasteiger charge is -2.35. The fourth-order valence-electron chi connectivity index (χ4n) is 7.83. The number of likely N-dealkylation sites (tertiary alicyclic amines) is 2. The van der Waals surface area contributed by atoms with E-state index in [1.54, 1.807) is 24.3 Å². The van der Waals surface area contributed by atoms with Crippen molar-refractivity contribution in [3.8, 4) is 11.5 Å². The van der Waals surface area contributed by atoms with Crippen molar-refractivity contribution in [3.63, 3.8) is 0 Å². The van der Waals surface area contributed by atoms with Gasteiger partial charge in [-0.15, -0.1) is 0 Å². The number of nitrogens with zero attached hydrogens (tertiary/aromatic N) is 4. The number of ketones is 1. The number of rotatable bonds is 10. The summed E-state index contributed by atoms with van der Waals surface area (Å²) in [5, 5.41) is 1.10. The molecule has 0 saturated carbocycles. The van der Waals surface area contributed by atoms with Gasteiger partial charge in [-0.25, -0.2) is 9.37 Å². The van der Waals surface area contributed by atoms with Crippen LogP contribution >= 0.6 is 23.2 Å². The molecule has 11 heteroatoms. The summed E-state index contributed by atoms with van der Waals surface area (Å²) in [6, 6.07) is 25.3. The molecule has 1 atom stereocenters. The van der Waals surface area contributed by atoms with Gasteiger partial charge in [-0.1, -0.05) is 59.6 Å². The summed E-state index contributed by atoms with van der Waals surface area (Å²) in [6.07, 6.45) is 2.69. The van der Waals surface area contributed by atoms with Gasteiger partial charge in [0.15, 0.2) is 17.3 Å². The molecule has 5 aromatic rings. The molecular formula is C40H37Cl2FN4O4. The molecule has 51 heavy (non-hydrogen) atoms. The highest BCUT2D eigenvalue weighted by Gasteiger charge is 2.48. The van der Waals surface area contributed by atoms with Crippen LogP contribution in [0.5, 0.6) is 11.5 Å². The number of Topliss-reactive ketones (excluding diaryl/α,β-unsaturated/α-hetero) is 1. The number of carbonyl (C=O) groups is 2. The number of hydrogen-bond acceptors (Lipinski definition) is 6. The second-order valence-corrected chi connectivity index (χ2v) is 14.6. The summed E-state index contributed by atoms with van der Waals surface area (Å²) in [4.78, 5) is 37.5. The van der Waals surface area contributed by atoms with Gasteiger partial charge >= 0.3 is 0 Å². The number of ether oxygens (including phenoxy) is 2. The van der Waals surface area contributed by atoms with Gasteiger partial charge in [0.05, 0.1) is 16.4 Å². The molecule has 1 aromatic heterocycles. The second-order valence-electron chi connectivity index (χ2n) is 13.7. The monoisotopic (exact) mass is 726 g/mol. The van der Waals surface area contributed by atoms with Gasteiger partial charge in [0.1, 0.15) is 5.82 Å². The fraction of sp³-hybridized carbons (Fsp3) is 0.325. The van der Waals surface area contributed by atoms with E-state index in [1.165, 1.54) is 12.1 Å². The van der Waals surface area contributed by atoms with Crippen molar-refractivity contribution >= 4 is 45.9 Å². The highest BCUT2D eigenvalue weighted by atomic mass is 35.5. The summed E-state index contributed by atoms with van der Waals surface area (Å²) < 4.78 is 26.9. The summed E-state index contributed by atoms with van der Waals surface area (Å²) in [6.45, 7) is 3.78. The Bertz CT molecular complexity index is 2110. The minimum Gasteiger partial charge on any atom is -0.454 e. The molecule has 8 nitrogen and oxygen atoms in total. The smallest absolute Gasteiger partial charge is 0.233 e. The first-order valence-corrected chi connectivity index (χ1v) is 18.1. The molecular weight excluding hydrogens is 690 g/mol. The van der Waals surface area contributed by atoms with Crippen LogP contribution in [0.2, 0.25) is 10.0 Å². The maximum Gasteiger partial charge on any atom is 0.233 e. The molecule has 4 heterocycles. The van der Waals surface area contributed by atoms with Crippen LogP contribution in [0.1, 0.15) is 53.0 Å². The van der Waals surface area contributed by atoms with Gasteiger partial charge in [-0.3, -0.25) is 9.59 Å². The number of piperidine rings is 1. The minimum absolute atomic E-state index is 0.0345. The van der Waals surface area contributed by atoms with Crippen LogP contribution < -0.4 is 9.47 Å². The van der Waals surface area contributed by atoms with Gasteiger partial charge in [-0.05, 0) is 111 Å². The molecule has 2 fully saturated rings. The third kappa shape index (κ3) is 6.59. The Balaban J connectivity index is 0.976. The van der Waals surface area contributed by atoms with Gasteiger partial charge < -0.3 is 23.8 Å². The van der Waals surface area contributed by atoms with E-state index in [9.17, 15) is 14.0 Å². The number of hydrogen-bond donors (Lipinski definition) is 0. The van der Waals surface area contributed by atoms with E-state index in [1.807, 2.05) is 58.0 Å². The number of benzene rings is 4. The van der Waals surface area contributed by atoms with Gasteiger partial charge in [0.2, 0.25) is 18.5 Å². The summed E-state index contributed by atoms with van der Waals surface area (Å²) in [5.74, 6) is 1.42. The zero-order chi connectivity index (χ0) is 35.1. The van der Waals surface area contributed by atoms with Crippen molar-refractivity contribution in [2.45, 2.75) is 44.2 Å². The molecule has 262 valence electrons. The predicted molar refractivity (Wildman–Crippen MR) is 194 cm³/mol. The zero-order valence-electron chi connectivity index (χ0n) is 28.0. The van der Waals surface area contributed by atoms with Gasteiger partial charge in [-0.2, -0.15) is 0 Å². The van der Waals surface area contributed by atoms with Gasteiger partial charge in [0, 0.05) is 35.6 Å². The highest BCUT2D eigenvalue weighted by Crippen LogP contribution is 2.44. The molecule has 0 spiro atoms. The van der Waals surface area contributed by atoms with E-state index in [4.69, 9.17) is 37.7 Å². The predicted octanol–water partition coefficient (Wildman–Crippen LogP) is 7.91. The van der Waals surface area contributed by atoms with E-state index < -0.39 is 5.41 Å². The van der Waals surface area contributed by atoms with Crippen molar-refractivity contribution in [2.75, 3.05) is 33.0 Å². The maximum absolute atomic E-state index is 14.4. The number of carbonyl (C=O) groups excluding carboxylic acids is 2. The van der Waals surface area contributed by atoms with E-state index >= 15 is 0 Å². The first-order chi connectivity index (χ1) is 24.8. The second kappa shape index (κ2) is 13.9. The van der Waals surface area contributed by atoms with Crippen molar-refractivity contribution < 1.29 is 23.5 Å². The Labute approximate surface area is 305 Å². The van der Waals surface area contributed by atoms with E-state index in [2.05, 4.69) is 4.90 Å². The van der Waals surface area contributed by atoms with Crippen LogP contribution in [-0.4, -0.2) is 64.0 Å². The van der Waals surface area contributed by atoms with E-state index in [-0.39, 0.29) is 30.2 Å².